The van der Waals surface area contributed by atoms with Gasteiger partial charge in [-0.25, -0.2) is 0 Å². The van der Waals surface area contributed by atoms with Crippen molar-refractivity contribution in [1.82, 2.24) is 0 Å². The van der Waals surface area contributed by atoms with E-state index in [2.05, 4.69) is 0 Å². The van der Waals surface area contributed by atoms with E-state index in [4.69, 9.17) is 23.4 Å². The van der Waals surface area contributed by atoms with Gasteiger partial charge in [-0.05, 0) is 18.2 Å². The Kier molecular flexibility index (Phi) is 3.42. The van der Waals surface area contributed by atoms with Crippen molar-refractivity contribution in [3.8, 4) is 39.9 Å². The molecule has 0 amide bonds. The van der Waals surface area contributed by atoms with Crippen LogP contribution in [0.5, 0.6) is 28.7 Å². The summed E-state index contributed by atoms with van der Waals surface area (Å²) in [5.41, 5.74) is 0.673. The van der Waals surface area contributed by atoms with E-state index in [0.717, 1.165) is 0 Å². The lowest BCUT2D eigenvalue weighted by Crippen LogP contribution is -2.07. The number of methoxy groups -OCH3 is 2. The number of rotatable bonds is 3. The fourth-order valence-corrected chi connectivity index (χ4v) is 2.79. The smallest absolute Gasteiger partial charge is 0.231 e. The average Bonchev–Trinajstić information content (AvgIpc) is 3.08. The summed E-state index contributed by atoms with van der Waals surface area (Å²) in [6, 6.07) is 5.93. The van der Waals surface area contributed by atoms with Crippen molar-refractivity contribution in [2.45, 2.75) is 0 Å². The molecule has 0 N–H and O–H groups in total. The van der Waals surface area contributed by atoms with E-state index in [-0.39, 0.29) is 40.3 Å². The summed E-state index contributed by atoms with van der Waals surface area (Å²) in [4.78, 5) is 12.9. The van der Waals surface area contributed by atoms with Gasteiger partial charge < -0.3 is 28.5 Å². The molecular weight excluding hydrogens is 328 g/mol. The van der Waals surface area contributed by atoms with E-state index in [1.807, 2.05) is 0 Å². The molecule has 1 aliphatic heterocycles. The van der Waals surface area contributed by atoms with Crippen LogP contribution >= 0.6 is 0 Å². The van der Waals surface area contributed by atoms with Gasteiger partial charge in [-0.1, -0.05) is 5.75 Å². The minimum Gasteiger partial charge on any atom is -0.870 e. The maximum absolute atomic E-state index is 12.9. The van der Waals surface area contributed by atoms with Crippen molar-refractivity contribution in [3.63, 3.8) is 0 Å². The predicted octanol–water partition coefficient (Wildman–Crippen LogP) is 2.28. The maximum Gasteiger partial charge on any atom is 0.231 e. The first-order valence-electron chi connectivity index (χ1n) is 7.41. The third-order valence-corrected chi connectivity index (χ3v) is 4.04. The molecule has 7 nitrogen and oxygen atoms in total. The fourth-order valence-electron chi connectivity index (χ4n) is 2.79. The summed E-state index contributed by atoms with van der Waals surface area (Å²) >= 11 is 0. The van der Waals surface area contributed by atoms with Crippen molar-refractivity contribution < 1.29 is 28.5 Å². The standard InChI is InChI=1S/C18H14O7/c1-21-13-6-17-16(24-8-25-17)3-9(13)11-7-23-14-5-12(19)15(22-2)4-10(14)18(11)20/h3-7,19H,8H2,1-2H3/p-1. The Morgan fingerprint density at radius 3 is 2.40 bits per heavy atom. The SMILES string of the molecule is COc1cc2c(=O)c(-c3cc4c(cc3OC)OCO4)coc2cc1[O-]. The van der Waals surface area contributed by atoms with Crippen molar-refractivity contribution in [2.75, 3.05) is 21.0 Å². The first-order valence-corrected chi connectivity index (χ1v) is 7.41. The van der Waals surface area contributed by atoms with Crippen LogP contribution < -0.4 is 29.5 Å². The van der Waals surface area contributed by atoms with E-state index in [0.29, 0.717) is 22.8 Å². The van der Waals surface area contributed by atoms with Gasteiger partial charge >= 0.3 is 0 Å². The van der Waals surface area contributed by atoms with E-state index in [1.54, 1.807) is 12.1 Å². The molecule has 2 aromatic carbocycles. The molecule has 128 valence electrons. The molecule has 0 fully saturated rings. The lowest BCUT2D eigenvalue weighted by molar-refractivity contribution is -0.269. The second kappa shape index (κ2) is 5.62. The number of hydrogen-bond donors (Lipinski definition) is 0. The van der Waals surface area contributed by atoms with E-state index in [9.17, 15) is 9.90 Å². The van der Waals surface area contributed by atoms with Crippen molar-refractivity contribution in [2.24, 2.45) is 0 Å². The summed E-state index contributed by atoms with van der Waals surface area (Å²) in [7, 11) is 2.87. The molecular formula is C18H13O7-. The molecule has 0 bridgehead atoms. The van der Waals surface area contributed by atoms with Gasteiger partial charge in [0.1, 0.15) is 23.3 Å². The van der Waals surface area contributed by atoms with E-state index < -0.39 is 0 Å². The maximum atomic E-state index is 12.9. The van der Waals surface area contributed by atoms with Crippen LogP contribution in [0.25, 0.3) is 22.1 Å². The molecule has 3 aromatic rings. The molecule has 1 aliphatic rings. The zero-order valence-corrected chi connectivity index (χ0v) is 13.5. The first-order chi connectivity index (χ1) is 12.1. The minimum absolute atomic E-state index is 0.0783. The highest BCUT2D eigenvalue weighted by atomic mass is 16.7. The number of fused-ring (bicyclic) bond motifs is 2. The van der Waals surface area contributed by atoms with Gasteiger partial charge in [-0.15, -0.1) is 0 Å². The molecule has 0 radical (unpaired) electrons. The van der Waals surface area contributed by atoms with Crippen LogP contribution in [0.3, 0.4) is 0 Å². The van der Waals surface area contributed by atoms with Crippen molar-refractivity contribution >= 4 is 11.0 Å². The average molecular weight is 341 g/mol. The van der Waals surface area contributed by atoms with Crippen molar-refractivity contribution in [1.29, 1.82) is 0 Å². The normalized spacial score (nSPS) is 12.4. The molecule has 1 aromatic heterocycles. The molecule has 0 saturated heterocycles. The van der Waals surface area contributed by atoms with E-state index >= 15 is 0 Å². The van der Waals surface area contributed by atoms with Gasteiger partial charge in [0.05, 0.1) is 25.2 Å². The third-order valence-electron chi connectivity index (χ3n) is 4.04. The fraction of sp³-hybridized carbons (Fsp3) is 0.167. The predicted molar refractivity (Wildman–Crippen MR) is 86.6 cm³/mol. The lowest BCUT2D eigenvalue weighted by atomic mass is 10.0. The Labute approximate surface area is 141 Å². The second-order valence-corrected chi connectivity index (χ2v) is 5.38. The van der Waals surface area contributed by atoms with Gasteiger partial charge in [-0.3, -0.25) is 4.79 Å². The molecule has 7 heteroatoms. The zero-order valence-electron chi connectivity index (χ0n) is 13.5. The highest BCUT2D eigenvalue weighted by Crippen LogP contribution is 2.42. The van der Waals surface area contributed by atoms with Crippen LogP contribution in [0, 0.1) is 0 Å². The highest BCUT2D eigenvalue weighted by molar-refractivity contribution is 5.86. The second-order valence-electron chi connectivity index (χ2n) is 5.38. The van der Waals surface area contributed by atoms with Crippen LogP contribution in [-0.2, 0) is 0 Å². The summed E-state index contributed by atoms with van der Waals surface area (Å²) in [6.07, 6.45) is 1.30. The zero-order chi connectivity index (χ0) is 17.6. The Morgan fingerprint density at radius 2 is 1.68 bits per heavy atom. The molecule has 0 spiro atoms. The number of ether oxygens (including phenoxy) is 4. The van der Waals surface area contributed by atoms with Crippen LogP contribution in [-0.4, -0.2) is 21.0 Å². The van der Waals surface area contributed by atoms with Crippen LogP contribution in [0.4, 0.5) is 0 Å². The van der Waals surface area contributed by atoms with Crippen LogP contribution in [0.1, 0.15) is 0 Å². The van der Waals surface area contributed by atoms with E-state index in [1.165, 1.54) is 32.6 Å². The van der Waals surface area contributed by atoms with Crippen molar-refractivity contribution in [3.05, 3.63) is 40.8 Å². The monoisotopic (exact) mass is 341 g/mol. The van der Waals surface area contributed by atoms with Gasteiger partial charge in [0.25, 0.3) is 0 Å². The summed E-state index contributed by atoms with van der Waals surface area (Å²) in [5.74, 6) is 1.23. The number of benzene rings is 2. The minimum atomic E-state index is -0.355. The first kappa shape index (κ1) is 15.2. The Morgan fingerprint density at radius 1 is 0.960 bits per heavy atom. The summed E-state index contributed by atoms with van der Waals surface area (Å²) in [5, 5.41) is 12.1. The molecule has 2 heterocycles. The molecule has 4 rings (SSSR count). The lowest BCUT2D eigenvalue weighted by Gasteiger charge is -2.14. The Bertz CT molecular complexity index is 1040. The van der Waals surface area contributed by atoms with Gasteiger partial charge in [0, 0.05) is 11.6 Å². The van der Waals surface area contributed by atoms with Crippen LogP contribution in [0.15, 0.2) is 39.7 Å². The number of hydrogen-bond acceptors (Lipinski definition) is 7. The molecule has 0 unspecified atom stereocenters. The highest BCUT2D eigenvalue weighted by Gasteiger charge is 2.21. The molecule has 25 heavy (non-hydrogen) atoms. The quantitative estimate of drug-likeness (QED) is 0.722. The summed E-state index contributed by atoms with van der Waals surface area (Å²) < 4.78 is 26.6. The van der Waals surface area contributed by atoms with Gasteiger partial charge in [0.2, 0.25) is 12.2 Å². The summed E-state index contributed by atoms with van der Waals surface area (Å²) in [6.45, 7) is 0.109. The largest absolute Gasteiger partial charge is 0.870 e. The Hall–Kier alpha value is -3.35. The molecule has 0 atom stereocenters. The topological polar surface area (TPSA) is 90.2 Å². The third kappa shape index (κ3) is 2.32. The molecule has 0 aliphatic carbocycles. The Balaban J connectivity index is 1.97. The van der Waals surface area contributed by atoms with Crippen LogP contribution in [0.2, 0.25) is 0 Å². The molecule has 0 saturated carbocycles. The van der Waals surface area contributed by atoms with Gasteiger partial charge in [-0.2, -0.15) is 0 Å². The van der Waals surface area contributed by atoms with Gasteiger partial charge in [0.15, 0.2) is 11.5 Å².